The zero-order valence-electron chi connectivity index (χ0n) is 14.4. The highest BCUT2D eigenvalue weighted by atomic mass is 79.9. The van der Waals surface area contributed by atoms with Crippen LogP contribution in [-0.4, -0.2) is 12.5 Å². The average molecular weight is 507 g/mol. The van der Waals surface area contributed by atoms with Crippen LogP contribution in [0.1, 0.15) is 16.3 Å². The van der Waals surface area contributed by atoms with E-state index in [1.165, 1.54) is 24.3 Å². The lowest BCUT2D eigenvalue weighted by Crippen LogP contribution is -2.11. The maximum atomic E-state index is 12.3. The molecule has 1 aromatic heterocycles. The Balaban J connectivity index is 1.61. The fraction of sp³-hybridized carbons (Fsp3) is 0.105. The highest BCUT2D eigenvalue weighted by molar-refractivity contribution is 9.10. The summed E-state index contributed by atoms with van der Waals surface area (Å²) in [5, 5.41) is 2.92. The van der Waals surface area contributed by atoms with Gasteiger partial charge >= 0.3 is 6.61 Å². The lowest BCUT2D eigenvalue weighted by molar-refractivity contribution is -0.0497. The normalized spacial score (nSPS) is 10.8. The van der Waals surface area contributed by atoms with Crippen LogP contribution < -0.4 is 14.8 Å². The van der Waals surface area contributed by atoms with Gasteiger partial charge in [-0.3, -0.25) is 4.79 Å². The van der Waals surface area contributed by atoms with Crippen LogP contribution in [0.4, 0.5) is 14.5 Å². The Morgan fingerprint density at radius 1 is 1.07 bits per heavy atom. The number of alkyl halides is 2. The molecule has 3 rings (SSSR count). The van der Waals surface area contributed by atoms with E-state index in [1.54, 1.807) is 24.3 Å². The lowest BCUT2D eigenvalue weighted by Gasteiger charge is -2.09. The Labute approximate surface area is 182 Å². The topological polar surface area (TPSA) is 60.7 Å². The minimum atomic E-state index is -3.00. The van der Waals surface area contributed by atoms with E-state index in [9.17, 15) is 13.6 Å². The van der Waals surface area contributed by atoms with Gasteiger partial charge in [-0.1, -0.05) is 39.1 Å². The molecule has 10 heteroatoms. The maximum absolute atomic E-state index is 12.3. The summed E-state index contributed by atoms with van der Waals surface area (Å²) in [5.74, 6) is 0.181. The van der Waals surface area contributed by atoms with Crippen molar-refractivity contribution in [3.8, 4) is 11.5 Å². The molecule has 0 atom stereocenters. The van der Waals surface area contributed by atoms with Crippen molar-refractivity contribution in [3.05, 3.63) is 74.6 Å². The van der Waals surface area contributed by atoms with Gasteiger partial charge in [0.15, 0.2) is 5.76 Å². The van der Waals surface area contributed by atoms with Gasteiger partial charge in [0.05, 0.1) is 10.0 Å². The highest BCUT2D eigenvalue weighted by Crippen LogP contribution is 2.30. The molecule has 1 heterocycles. The molecule has 0 aliphatic rings. The average Bonchev–Trinajstić information content (AvgIpc) is 3.12. The molecule has 0 aliphatic heterocycles. The van der Waals surface area contributed by atoms with Crippen LogP contribution in [0.15, 0.2) is 57.4 Å². The number of hydrogen-bond donors (Lipinski definition) is 1. The van der Waals surface area contributed by atoms with Crippen LogP contribution in [0.5, 0.6) is 11.5 Å². The first-order valence-corrected chi connectivity index (χ1v) is 9.59. The van der Waals surface area contributed by atoms with E-state index in [4.69, 9.17) is 32.4 Å². The standard InChI is InChI=1S/C19H12BrCl2F2NO4/c20-10-1-4-15(13(21)7-10)27-9-12-3-6-17(28-12)18(26)25-11-2-5-16(14(22)8-11)29-19(23)24/h1-8,19H,9H2,(H,25,26). The number of ether oxygens (including phenoxy) is 2. The summed E-state index contributed by atoms with van der Waals surface area (Å²) in [5.41, 5.74) is 0.289. The Morgan fingerprint density at radius 2 is 1.79 bits per heavy atom. The van der Waals surface area contributed by atoms with E-state index in [-0.39, 0.29) is 28.8 Å². The van der Waals surface area contributed by atoms with Crippen LogP contribution in [0.25, 0.3) is 0 Å². The number of carbonyl (C=O) groups excluding carboxylic acids is 1. The molecule has 29 heavy (non-hydrogen) atoms. The van der Waals surface area contributed by atoms with Gasteiger partial charge in [-0.15, -0.1) is 0 Å². The van der Waals surface area contributed by atoms with E-state index >= 15 is 0 Å². The monoisotopic (exact) mass is 505 g/mol. The van der Waals surface area contributed by atoms with Crippen molar-refractivity contribution in [1.29, 1.82) is 0 Å². The fourth-order valence-electron chi connectivity index (χ4n) is 2.28. The van der Waals surface area contributed by atoms with Crippen molar-refractivity contribution in [1.82, 2.24) is 0 Å². The molecule has 5 nitrogen and oxygen atoms in total. The van der Waals surface area contributed by atoms with Crippen LogP contribution in [0.2, 0.25) is 10.0 Å². The van der Waals surface area contributed by atoms with E-state index in [0.717, 1.165) is 4.47 Å². The minimum Gasteiger partial charge on any atom is -0.484 e. The molecule has 2 aromatic carbocycles. The van der Waals surface area contributed by atoms with Crippen molar-refractivity contribution < 1.29 is 27.5 Å². The van der Waals surface area contributed by atoms with Crippen LogP contribution in [0, 0.1) is 0 Å². The van der Waals surface area contributed by atoms with Gasteiger partial charge in [0.2, 0.25) is 0 Å². The first-order chi connectivity index (χ1) is 13.8. The van der Waals surface area contributed by atoms with Crippen LogP contribution in [0.3, 0.4) is 0 Å². The van der Waals surface area contributed by atoms with Gasteiger partial charge in [0.1, 0.15) is 23.9 Å². The van der Waals surface area contributed by atoms with Gasteiger partial charge in [-0.2, -0.15) is 8.78 Å². The summed E-state index contributed by atoms with van der Waals surface area (Å²) in [7, 11) is 0. The molecule has 0 aliphatic carbocycles. The smallest absolute Gasteiger partial charge is 0.387 e. The molecule has 3 aromatic rings. The van der Waals surface area contributed by atoms with Crippen LogP contribution >= 0.6 is 39.1 Å². The number of amides is 1. The number of halogens is 5. The van der Waals surface area contributed by atoms with Gasteiger partial charge in [-0.25, -0.2) is 0 Å². The second-order valence-electron chi connectivity index (χ2n) is 5.61. The summed E-state index contributed by atoms with van der Waals surface area (Å²) in [4.78, 5) is 12.3. The first-order valence-electron chi connectivity index (χ1n) is 8.04. The summed E-state index contributed by atoms with van der Waals surface area (Å²) in [6.07, 6.45) is 0. The van der Waals surface area contributed by atoms with Gasteiger partial charge in [-0.05, 0) is 48.5 Å². The van der Waals surface area contributed by atoms with Gasteiger partial charge in [0.25, 0.3) is 5.91 Å². The molecule has 0 bridgehead atoms. The molecule has 0 radical (unpaired) electrons. The Morgan fingerprint density at radius 3 is 2.48 bits per heavy atom. The molecule has 0 saturated heterocycles. The van der Waals surface area contributed by atoms with E-state index in [2.05, 4.69) is 26.0 Å². The van der Waals surface area contributed by atoms with Crippen LogP contribution in [-0.2, 0) is 6.61 Å². The zero-order valence-corrected chi connectivity index (χ0v) is 17.5. The SMILES string of the molecule is O=C(Nc1ccc(OC(F)F)c(Cl)c1)c1ccc(COc2ccc(Br)cc2Cl)o1. The van der Waals surface area contributed by atoms with Crippen molar-refractivity contribution in [3.63, 3.8) is 0 Å². The Kier molecular flexibility index (Phi) is 7.00. The summed E-state index contributed by atoms with van der Waals surface area (Å²) < 4.78 is 40.6. The number of nitrogens with one attached hydrogen (secondary N) is 1. The molecule has 152 valence electrons. The first kappa shape index (κ1) is 21.4. The molecular weight excluding hydrogens is 495 g/mol. The van der Waals surface area contributed by atoms with E-state index in [0.29, 0.717) is 16.5 Å². The predicted octanol–water partition coefficient (Wildman–Crippen LogP) is 6.78. The highest BCUT2D eigenvalue weighted by Gasteiger charge is 2.14. The molecule has 0 unspecified atom stereocenters. The fourth-order valence-corrected chi connectivity index (χ4v) is 3.23. The third kappa shape index (κ3) is 5.85. The second-order valence-corrected chi connectivity index (χ2v) is 7.34. The Hall–Kier alpha value is -2.29. The number of anilines is 1. The van der Waals surface area contributed by atoms with E-state index < -0.39 is 12.5 Å². The van der Waals surface area contributed by atoms with Crippen molar-refractivity contribution >= 4 is 50.7 Å². The molecule has 0 fully saturated rings. The van der Waals surface area contributed by atoms with Gasteiger partial charge in [0, 0.05) is 10.2 Å². The molecule has 0 saturated carbocycles. The number of carbonyl (C=O) groups is 1. The zero-order chi connectivity index (χ0) is 21.0. The molecular formula is C19H12BrCl2F2NO4. The number of rotatable bonds is 7. The number of hydrogen-bond acceptors (Lipinski definition) is 4. The third-order valence-corrected chi connectivity index (χ3v) is 4.64. The third-order valence-electron chi connectivity index (χ3n) is 3.56. The molecule has 1 N–H and O–H groups in total. The maximum Gasteiger partial charge on any atom is 0.387 e. The number of furan rings is 1. The number of benzene rings is 2. The summed E-state index contributed by atoms with van der Waals surface area (Å²) in [6.45, 7) is -2.93. The summed E-state index contributed by atoms with van der Waals surface area (Å²) in [6, 6.07) is 12.2. The van der Waals surface area contributed by atoms with E-state index in [1.807, 2.05) is 0 Å². The largest absolute Gasteiger partial charge is 0.484 e. The molecule has 1 amide bonds. The van der Waals surface area contributed by atoms with Crippen molar-refractivity contribution in [2.24, 2.45) is 0 Å². The van der Waals surface area contributed by atoms with Crippen molar-refractivity contribution in [2.75, 3.05) is 5.32 Å². The lowest BCUT2D eigenvalue weighted by atomic mass is 10.3. The van der Waals surface area contributed by atoms with Crippen molar-refractivity contribution in [2.45, 2.75) is 13.2 Å². The predicted molar refractivity (Wildman–Crippen MR) is 108 cm³/mol. The Bertz CT molecular complexity index is 1030. The summed E-state index contributed by atoms with van der Waals surface area (Å²) >= 11 is 15.3. The van der Waals surface area contributed by atoms with Gasteiger partial charge < -0.3 is 19.2 Å². The minimum absolute atomic E-state index is 0.0366. The quantitative estimate of drug-likeness (QED) is 0.383. The second kappa shape index (κ2) is 9.47. The molecule has 0 spiro atoms.